The predicted molar refractivity (Wildman–Crippen MR) is 139 cm³/mol. The van der Waals surface area contributed by atoms with E-state index in [1.54, 1.807) is 0 Å². The Bertz CT molecular complexity index is 1350. The molecular formula is C30H29N3O2. The number of para-hydroxylation sites is 1. The van der Waals surface area contributed by atoms with E-state index in [0.717, 1.165) is 39.7 Å². The molecule has 35 heavy (non-hydrogen) atoms. The maximum Gasteiger partial charge on any atom is 0.252 e. The molecule has 1 atom stereocenters. The van der Waals surface area contributed by atoms with Crippen LogP contribution in [0, 0.1) is 0 Å². The second-order valence-electron chi connectivity index (χ2n) is 9.04. The molecule has 0 saturated carbocycles. The van der Waals surface area contributed by atoms with Gasteiger partial charge in [0, 0.05) is 36.0 Å². The minimum atomic E-state index is -0.114. The Morgan fingerprint density at radius 2 is 1.66 bits per heavy atom. The number of likely N-dealkylation sites (tertiary alicyclic amines) is 1. The van der Waals surface area contributed by atoms with Crippen LogP contribution in [0.4, 0.5) is 0 Å². The summed E-state index contributed by atoms with van der Waals surface area (Å²) in [5.74, 6) is 0.123. The number of aromatic nitrogens is 1. The van der Waals surface area contributed by atoms with Gasteiger partial charge in [-0.1, -0.05) is 85.8 Å². The Balaban J connectivity index is 1.66. The van der Waals surface area contributed by atoms with Crippen LogP contribution in [0.1, 0.15) is 47.3 Å². The number of hydrogen-bond donors (Lipinski definition) is 1. The SMILES string of the molecule is CCC(NC(=O)c1c(CN2CCC(=O)C2)c(-c2ccccc2)nc2ccccc12)c1ccccc1. The smallest absolute Gasteiger partial charge is 0.252 e. The summed E-state index contributed by atoms with van der Waals surface area (Å²) >= 11 is 0. The number of benzene rings is 3. The molecule has 1 aliphatic heterocycles. The molecule has 2 heterocycles. The van der Waals surface area contributed by atoms with Crippen LogP contribution in [0.25, 0.3) is 22.2 Å². The maximum absolute atomic E-state index is 14.0. The van der Waals surface area contributed by atoms with Crippen LogP contribution in [0.3, 0.4) is 0 Å². The highest BCUT2D eigenvalue weighted by Gasteiger charge is 2.27. The standard InChI is InChI=1S/C30H29N3O2/c1-2-26(21-11-5-3-6-12-21)32-30(35)28-24-15-9-10-16-27(24)31-29(22-13-7-4-8-14-22)25(28)20-33-18-17-23(34)19-33/h3-16,26H,2,17-20H2,1H3,(H,32,35). The van der Waals surface area contributed by atoms with Gasteiger partial charge in [0.05, 0.1) is 29.4 Å². The molecule has 5 heteroatoms. The zero-order valence-corrected chi connectivity index (χ0v) is 19.9. The fourth-order valence-corrected chi connectivity index (χ4v) is 4.89. The summed E-state index contributed by atoms with van der Waals surface area (Å²) in [5.41, 5.74) is 5.12. The van der Waals surface area contributed by atoms with Crippen molar-refractivity contribution in [1.29, 1.82) is 0 Å². The minimum absolute atomic E-state index is 0.1000. The van der Waals surface area contributed by atoms with E-state index in [1.165, 1.54) is 0 Å². The monoisotopic (exact) mass is 463 g/mol. The molecule has 1 N–H and O–H groups in total. The van der Waals surface area contributed by atoms with Crippen LogP contribution < -0.4 is 5.32 Å². The number of ketones is 1. The Morgan fingerprint density at radius 3 is 2.34 bits per heavy atom. The van der Waals surface area contributed by atoms with Gasteiger partial charge in [0.2, 0.25) is 0 Å². The third kappa shape index (κ3) is 4.86. The number of fused-ring (bicyclic) bond motifs is 1. The first-order valence-corrected chi connectivity index (χ1v) is 12.2. The van der Waals surface area contributed by atoms with E-state index >= 15 is 0 Å². The molecule has 0 spiro atoms. The molecule has 1 aliphatic rings. The lowest BCUT2D eigenvalue weighted by Crippen LogP contribution is -2.31. The molecule has 4 aromatic rings. The third-order valence-corrected chi connectivity index (χ3v) is 6.67. The number of amides is 1. The van der Waals surface area contributed by atoms with Crippen molar-refractivity contribution in [2.24, 2.45) is 0 Å². The van der Waals surface area contributed by atoms with Gasteiger partial charge < -0.3 is 5.32 Å². The molecule has 0 radical (unpaired) electrons. The van der Waals surface area contributed by atoms with Crippen LogP contribution in [0.15, 0.2) is 84.9 Å². The average Bonchev–Trinajstić information content (AvgIpc) is 3.32. The van der Waals surface area contributed by atoms with E-state index in [2.05, 4.69) is 17.1 Å². The molecule has 1 aromatic heterocycles. The average molecular weight is 464 g/mol. The summed E-state index contributed by atoms with van der Waals surface area (Å²) in [6, 6.07) is 27.8. The quantitative estimate of drug-likeness (QED) is 0.390. The number of pyridine rings is 1. The first-order valence-electron chi connectivity index (χ1n) is 12.2. The molecule has 1 unspecified atom stereocenters. The van der Waals surface area contributed by atoms with Gasteiger partial charge in [-0.3, -0.25) is 14.5 Å². The molecular weight excluding hydrogens is 434 g/mol. The molecule has 1 saturated heterocycles. The summed E-state index contributed by atoms with van der Waals surface area (Å²) in [7, 11) is 0. The van der Waals surface area contributed by atoms with Crippen LogP contribution in [0.2, 0.25) is 0 Å². The molecule has 3 aromatic carbocycles. The van der Waals surface area contributed by atoms with Gasteiger partial charge in [-0.25, -0.2) is 4.98 Å². The highest BCUT2D eigenvalue weighted by atomic mass is 16.1. The van der Waals surface area contributed by atoms with Crippen molar-refractivity contribution >= 4 is 22.6 Å². The molecule has 1 amide bonds. The normalized spacial score (nSPS) is 14.8. The summed E-state index contributed by atoms with van der Waals surface area (Å²) < 4.78 is 0. The summed E-state index contributed by atoms with van der Waals surface area (Å²) in [5, 5.41) is 4.12. The van der Waals surface area contributed by atoms with Gasteiger partial charge in [0.1, 0.15) is 5.78 Å². The number of carbonyl (C=O) groups excluding carboxylic acids is 2. The van der Waals surface area contributed by atoms with Crippen molar-refractivity contribution < 1.29 is 9.59 Å². The minimum Gasteiger partial charge on any atom is -0.345 e. The number of carbonyl (C=O) groups is 2. The molecule has 1 fully saturated rings. The van der Waals surface area contributed by atoms with Crippen molar-refractivity contribution in [2.75, 3.05) is 13.1 Å². The van der Waals surface area contributed by atoms with Gasteiger partial charge in [-0.05, 0) is 18.1 Å². The fourth-order valence-electron chi connectivity index (χ4n) is 4.89. The first kappa shape index (κ1) is 22.9. The molecule has 176 valence electrons. The topological polar surface area (TPSA) is 62.3 Å². The van der Waals surface area contributed by atoms with Gasteiger partial charge in [-0.15, -0.1) is 0 Å². The van der Waals surface area contributed by atoms with Gasteiger partial charge in [0.15, 0.2) is 0 Å². The summed E-state index contributed by atoms with van der Waals surface area (Å²) in [6.07, 6.45) is 1.33. The summed E-state index contributed by atoms with van der Waals surface area (Å²) in [4.78, 5) is 33.2. The number of nitrogens with zero attached hydrogens (tertiary/aromatic N) is 2. The summed E-state index contributed by atoms with van der Waals surface area (Å²) in [6.45, 7) is 3.68. The lowest BCUT2D eigenvalue weighted by Gasteiger charge is -2.23. The van der Waals surface area contributed by atoms with Crippen molar-refractivity contribution in [2.45, 2.75) is 32.4 Å². The molecule has 5 nitrogen and oxygen atoms in total. The highest BCUT2D eigenvalue weighted by Crippen LogP contribution is 2.32. The number of rotatable bonds is 7. The largest absolute Gasteiger partial charge is 0.345 e. The van der Waals surface area contributed by atoms with Crippen molar-refractivity contribution in [3.8, 4) is 11.3 Å². The van der Waals surface area contributed by atoms with E-state index in [9.17, 15) is 9.59 Å². The Morgan fingerprint density at radius 1 is 0.971 bits per heavy atom. The second-order valence-corrected chi connectivity index (χ2v) is 9.04. The third-order valence-electron chi connectivity index (χ3n) is 6.67. The molecule has 0 bridgehead atoms. The van der Waals surface area contributed by atoms with Crippen LogP contribution in [0.5, 0.6) is 0 Å². The number of nitrogens with one attached hydrogen (secondary N) is 1. The van der Waals surface area contributed by atoms with E-state index in [4.69, 9.17) is 4.98 Å². The first-order chi connectivity index (χ1) is 17.1. The predicted octanol–water partition coefficient (Wildman–Crippen LogP) is 5.56. The van der Waals surface area contributed by atoms with E-state index in [0.29, 0.717) is 31.6 Å². The number of hydrogen-bond acceptors (Lipinski definition) is 4. The number of Topliss-reactive ketones (excluding diaryl/α,β-unsaturated/α-hetero) is 1. The lowest BCUT2D eigenvalue weighted by atomic mass is 9.95. The van der Waals surface area contributed by atoms with E-state index in [1.807, 2.05) is 84.9 Å². The van der Waals surface area contributed by atoms with Crippen LogP contribution in [-0.4, -0.2) is 34.7 Å². The van der Waals surface area contributed by atoms with E-state index in [-0.39, 0.29) is 17.7 Å². The Hall–Kier alpha value is -3.83. The van der Waals surface area contributed by atoms with Gasteiger partial charge in [0.25, 0.3) is 5.91 Å². The van der Waals surface area contributed by atoms with Crippen molar-refractivity contribution in [3.05, 3.63) is 102 Å². The Kier molecular flexibility index (Phi) is 6.68. The van der Waals surface area contributed by atoms with Gasteiger partial charge >= 0.3 is 0 Å². The highest BCUT2D eigenvalue weighted by molar-refractivity contribution is 6.09. The van der Waals surface area contributed by atoms with Crippen LogP contribution in [-0.2, 0) is 11.3 Å². The zero-order valence-electron chi connectivity index (χ0n) is 19.9. The Labute approximate surface area is 205 Å². The fraction of sp³-hybridized carbons (Fsp3) is 0.233. The lowest BCUT2D eigenvalue weighted by molar-refractivity contribution is -0.116. The maximum atomic E-state index is 14.0. The van der Waals surface area contributed by atoms with Crippen LogP contribution >= 0.6 is 0 Å². The van der Waals surface area contributed by atoms with E-state index < -0.39 is 0 Å². The van der Waals surface area contributed by atoms with Gasteiger partial charge in [-0.2, -0.15) is 0 Å². The van der Waals surface area contributed by atoms with Crippen molar-refractivity contribution in [3.63, 3.8) is 0 Å². The second kappa shape index (κ2) is 10.2. The molecule has 5 rings (SSSR count). The zero-order chi connectivity index (χ0) is 24.2. The van der Waals surface area contributed by atoms with Crippen molar-refractivity contribution in [1.82, 2.24) is 15.2 Å². The molecule has 0 aliphatic carbocycles.